The van der Waals surface area contributed by atoms with Crippen LogP contribution in [0.15, 0.2) is 54.7 Å². The van der Waals surface area contributed by atoms with Gasteiger partial charge in [-0.1, -0.05) is 30.3 Å². The standard InChI is InChI=1S/C36H43FN6O5/c1-2-43-29(12-15-39-43)33(44)41-32(31(23-8-9-23)24-10-11-24)34(45)40-28-19-30-25(18-26(28)37)27(38)20-36(48-30)13-16-42(17-14-36)35(46)47-21-22-6-4-3-5-7-22/h3-7,12,15,18-19,23-24,27,31-32H,2,8-11,13-14,16-17,20-21,38H2,1H3,(H,40,45)(H,41,44)/t27?,32-/m0/s1. The van der Waals surface area contributed by atoms with Gasteiger partial charge in [-0.3, -0.25) is 14.3 Å². The lowest BCUT2D eigenvalue weighted by Crippen LogP contribution is -2.52. The fourth-order valence-electron chi connectivity index (χ4n) is 7.47. The van der Waals surface area contributed by atoms with Crippen LogP contribution in [-0.4, -0.2) is 57.3 Å². The van der Waals surface area contributed by atoms with Crippen LogP contribution in [0.3, 0.4) is 0 Å². The minimum absolute atomic E-state index is 0.0203. The molecule has 7 rings (SSSR count). The average Bonchev–Trinajstić information content (AvgIpc) is 4.04. The molecule has 4 N–H and O–H groups in total. The van der Waals surface area contributed by atoms with Gasteiger partial charge in [-0.2, -0.15) is 5.10 Å². The number of hydrogen-bond donors (Lipinski definition) is 3. The first-order valence-corrected chi connectivity index (χ1v) is 17.1. The van der Waals surface area contributed by atoms with Crippen molar-refractivity contribution in [2.75, 3.05) is 18.4 Å². The zero-order chi connectivity index (χ0) is 33.4. The third-order valence-electron chi connectivity index (χ3n) is 10.3. The second kappa shape index (κ2) is 13.2. The van der Waals surface area contributed by atoms with E-state index in [1.165, 1.54) is 12.1 Å². The molecule has 2 aliphatic heterocycles. The molecule has 1 aromatic heterocycles. The van der Waals surface area contributed by atoms with Crippen LogP contribution in [0, 0.1) is 23.6 Å². The summed E-state index contributed by atoms with van der Waals surface area (Å²) >= 11 is 0. The van der Waals surface area contributed by atoms with Crippen LogP contribution in [0.25, 0.3) is 0 Å². The molecule has 1 unspecified atom stereocenters. The number of rotatable bonds is 10. The first-order chi connectivity index (χ1) is 23.2. The number of benzene rings is 2. The molecule has 2 aliphatic carbocycles. The van der Waals surface area contributed by atoms with Gasteiger partial charge in [0.1, 0.15) is 35.5 Å². The van der Waals surface area contributed by atoms with Crippen molar-refractivity contribution in [3.8, 4) is 5.75 Å². The number of anilines is 1. The van der Waals surface area contributed by atoms with Crippen molar-refractivity contribution >= 4 is 23.6 Å². The Hall–Kier alpha value is -4.45. The quantitative estimate of drug-likeness (QED) is 0.273. The Morgan fingerprint density at radius 1 is 1.08 bits per heavy atom. The van der Waals surface area contributed by atoms with Gasteiger partial charge in [-0.15, -0.1) is 0 Å². The van der Waals surface area contributed by atoms with E-state index in [1.54, 1.807) is 21.8 Å². The SMILES string of the molecule is CCn1nccc1C(=O)N[C@H](C(=O)Nc1cc2c(cc1F)C(N)CC1(CCN(C(=O)OCc3ccccc3)CC1)O2)C(C1CC1)C1CC1. The number of fused-ring (bicyclic) bond motifs is 1. The summed E-state index contributed by atoms with van der Waals surface area (Å²) in [5, 5.41) is 9.99. The molecule has 1 spiro atoms. The van der Waals surface area contributed by atoms with Crippen molar-refractivity contribution < 1.29 is 28.2 Å². The van der Waals surface area contributed by atoms with E-state index in [4.69, 9.17) is 15.2 Å². The molecule has 3 heterocycles. The van der Waals surface area contributed by atoms with Gasteiger partial charge in [-0.05, 0) is 68.1 Å². The molecule has 11 nitrogen and oxygen atoms in total. The number of nitrogens with one attached hydrogen (secondary N) is 2. The molecule has 254 valence electrons. The van der Waals surface area contributed by atoms with Crippen LogP contribution in [-0.2, 0) is 22.7 Å². The van der Waals surface area contributed by atoms with Gasteiger partial charge in [-0.25, -0.2) is 9.18 Å². The van der Waals surface area contributed by atoms with Gasteiger partial charge in [0, 0.05) is 62.8 Å². The first-order valence-electron chi connectivity index (χ1n) is 17.1. The van der Waals surface area contributed by atoms with Crippen molar-refractivity contribution in [3.63, 3.8) is 0 Å². The van der Waals surface area contributed by atoms with E-state index in [-0.39, 0.29) is 30.2 Å². The maximum Gasteiger partial charge on any atom is 0.410 e. The molecular formula is C36H43FN6O5. The predicted octanol–water partition coefficient (Wildman–Crippen LogP) is 5.17. The molecule has 0 bridgehead atoms. The normalized spacial score (nSPS) is 20.5. The molecule has 3 fully saturated rings. The number of hydrogen-bond acceptors (Lipinski definition) is 7. The van der Waals surface area contributed by atoms with Gasteiger partial charge in [0.2, 0.25) is 5.91 Å². The highest BCUT2D eigenvalue weighted by molar-refractivity contribution is 6.01. The third-order valence-corrected chi connectivity index (χ3v) is 10.3. The first kappa shape index (κ1) is 32.1. The second-order valence-electron chi connectivity index (χ2n) is 13.7. The van der Waals surface area contributed by atoms with Crippen LogP contribution in [0.4, 0.5) is 14.9 Å². The van der Waals surface area contributed by atoms with E-state index in [0.29, 0.717) is 67.7 Å². The summed E-state index contributed by atoms with van der Waals surface area (Å²) in [5.74, 6) is -0.356. The van der Waals surface area contributed by atoms with Crippen molar-refractivity contribution in [3.05, 3.63) is 77.4 Å². The van der Waals surface area contributed by atoms with Crippen molar-refractivity contribution in [2.24, 2.45) is 23.5 Å². The van der Waals surface area contributed by atoms with E-state index in [9.17, 15) is 14.4 Å². The molecule has 48 heavy (non-hydrogen) atoms. The fraction of sp³-hybridized carbons (Fsp3) is 0.500. The van der Waals surface area contributed by atoms with Crippen LogP contribution in [0.5, 0.6) is 5.75 Å². The van der Waals surface area contributed by atoms with Gasteiger partial charge >= 0.3 is 6.09 Å². The fourth-order valence-corrected chi connectivity index (χ4v) is 7.47. The Morgan fingerprint density at radius 2 is 1.79 bits per heavy atom. The third kappa shape index (κ3) is 6.76. The van der Waals surface area contributed by atoms with Gasteiger partial charge in [0.15, 0.2) is 0 Å². The van der Waals surface area contributed by atoms with Gasteiger partial charge in [0.25, 0.3) is 5.91 Å². The Morgan fingerprint density at radius 3 is 2.46 bits per heavy atom. The molecule has 4 aliphatic rings. The highest BCUT2D eigenvalue weighted by atomic mass is 19.1. The predicted molar refractivity (Wildman–Crippen MR) is 175 cm³/mol. The number of aryl methyl sites for hydroxylation is 1. The lowest BCUT2D eigenvalue weighted by atomic mass is 9.81. The number of piperidine rings is 1. The number of nitrogens with zero attached hydrogens (tertiary/aromatic N) is 3. The molecule has 1 saturated heterocycles. The van der Waals surface area contributed by atoms with Crippen LogP contribution < -0.4 is 21.1 Å². The molecule has 2 saturated carbocycles. The number of likely N-dealkylation sites (tertiary alicyclic amines) is 1. The maximum atomic E-state index is 15.6. The number of ether oxygens (including phenoxy) is 2. The highest BCUT2D eigenvalue weighted by Crippen LogP contribution is 2.51. The molecule has 12 heteroatoms. The van der Waals surface area contributed by atoms with E-state index >= 15 is 4.39 Å². The van der Waals surface area contributed by atoms with Crippen LogP contribution >= 0.6 is 0 Å². The number of carbonyl (C=O) groups excluding carboxylic acids is 3. The van der Waals surface area contributed by atoms with Gasteiger partial charge in [0.05, 0.1) is 5.69 Å². The number of amides is 3. The molecule has 3 amide bonds. The number of aromatic nitrogens is 2. The zero-order valence-electron chi connectivity index (χ0n) is 27.2. The summed E-state index contributed by atoms with van der Waals surface area (Å²) in [6.07, 6.45) is 6.78. The summed E-state index contributed by atoms with van der Waals surface area (Å²) in [4.78, 5) is 41.8. The lowest BCUT2D eigenvalue weighted by molar-refractivity contribution is -0.119. The summed E-state index contributed by atoms with van der Waals surface area (Å²) in [7, 11) is 0. The summed E-state index contributed by atoms with van der Waals surface area (Å²) < 4.78 is 29.3. The van der Waals surface area contributed by atoms with Crippen molar-refractivity contribution in [2.45, 2.75) is 82.7 Å². The zero-order valence-corrected chi connectivity index (χ0v) is 27.2. The second-order valence-corrected chi connectivity index (χ2v) is 13.7. The van der Waals surface area contributed by atoms with Crippen LogP contribution in [0.1, 0.15) is 79.5 Å². The number of carbonyl (C=O) groups is 3. The minimum atomic E-state index is -0.825. The molecule has 2 aromatic carbocycles. The Bertz CT molecular complexity index is 1650. The average molecular weight is 659 g/mol. The summed E-state index contributed by atoms with van der Waals surface area (Å²) in [6.45, 7) is 3.48. The van der Waals surface area contributed by atoms with Gasteiger partial charge < -0.3 is 30.7 Å². The van der Waals surface area contributed by atoms with E-state index in [0.717, 1.165) is 31.2 Å². The monoisotopic (exact) mass is 658 g/mol. The Kier molecular flexibility index (Phi) is 8.84. The van der Waals surface area contributed by atoms with E-state index in [1.807, 2.05) is 37.3 Å². The van der Waals surface area contributed by atoms with Crippen molar-refractivity contribution in [1.82, 2.24) is 20.0 Å². The molecule has 0 radical (unpaired) electrons. The largest absolute Gasteiger partial charge is 0.487 e. The Balaban J connectivity index is 1.05. The Labute approximate surface area is 279 Å². The number of halogens is 1. The minimum Gasteiger partial charge on any atom is -0.487 e. The van der Waals surface area contributed by atoms with E-state index in [2.05, 4.69) is 15.7 Å². The number of nitrogens with two attached hydrogens (primary N) is 1. The van der Waals surface area contributed by atoms with Crippen LogP contribution in [0.2, 0.25) is 0 Å². The van der Waals surface area contributed by atoms with Crippen molar-refractivity contribution in [1.29, 1.82) is 0 Å². The molecule has 2 atom stereocenters. The van der Waals surface area contributed by atoms with E-state index < -0.39 is 29.4 Å². The highest BCUT2D eigenvalue weighted by Gasteiger charge is 2.49. The smallest absolute Gasteiger partial charge is 0.410 e. The lowest BCUT2D eigenvalue weighted by Gasteiger charge is -2.46. The molecule has 3 aromatic rings. The maximum absolute atomic E-state index is 15.6. The molecular weight excluding hydrogens is 615 g/mol. The summed E-state index contributed by atoms with van der Waals surface area (Å²) in [6, 6.07) is 12.7. The topological polar surface area (TPSA) is 141 Å². The summed E-state index contributed by atoms with van der Waals surface area (Å²) in [5.41, 5.74) is 7.75.